The highest BCUT2D eigenvalue weighted by Crippen LogP contribution is 2.42. The van der Waals surface area contributed by atoms with E-state index in [4.69, 9.17) is 4.74 Å². The zero-order valence-electron chi connectivity index (χ0n) is 22.8. The average Bonchev–Trinajstić information content (AvgIpc) is 3.05. The van der Waals surface area contributed by atoms with Gasteiger partial charge in [0.05, 0.1) is 0 Å². The molecule has 0 spiro atoms. The molecule has 1 heteroatoms. The van der Waals surface area contributed by atoms with Crippen LogP contribution in [0.25, 0.3) is 56.7 Å². The van der Waals surface area contributed by atoms with Gasteiger partial charge >= 0.3 is 0 Å². The van der Waals surface area contributed by atoms with Gasteiger partial charge in [0.25, 0.3) is 0 Å². The van der Waals surface area contributed by atoms with Crippen LogP contribution >= 0.6 is 0 Å². The second kappa shape index (κ2) is 11.8. The third-order valence-corrected chi connectivity index (χ3v) is 7.29. The lowest BCUT2D eigenvalue weighted by Crippen LogP contribution is -1.95. The molecule has 0 aliphatic rings. The summed E-state index contributed by atoms with van der Waals surface area (Å²) in [4.78, 5) is 0. The topological polar surface area (TPSA) is 9.23 Å². The van der Waals surface area contributed by atoms with E-state index in [9.17, 15) is 0 Å². The minimum atomic E-state index is 0.762. The lowest BCUT2D eigenvalue weighted by Gasteiger charge is -2.19. The molecule has 0 aliphatic carbocycles. The van der Waals surface area contributed by atoms with Crippen LogP contribution in [0.3, 0.4) is 0 Å². The highest BCUT2D eigenvalue weighted by atomic mass is 16.5. The standard InChI is InChI=1S/C40H30O/c1-3-35-37(29-17-9-5-10-18-29)25-33(26-38(35)30-19-11-6-12-20-30)41-34-27-39(31-21-13-7-14-22-31)36(4-2)40(28-34)32-23-15-8-16-24-32/h3-28H,1-2H2. The van der Waals surface area contributed by atoms with Gasteiger partial charge in [-0.2, -0.15) is 0 Å². The fourth-order valence-electron chi connectivity index (χ4n) is 5.37. The van der Waals surface area contributed by atoms with E-state index in [1.807, 2.05) is 36.4 Å². The molecule has 0 heterocycles. The smallest absolute Gasteiger partial charge is 0.128 e. The Morgan fingerprint density at radius 2 is 0.610 bits per heavy atom. The van der Waals surface area contributed by atoms with Crippen LogP contribution in [0.1, 0.15) is 11.1 Å². The molecule has 0 saturated heterocycles. The Morgan fingerprint density at radius 3 is 0.829 bits per heavy atom. The van der Waals surface area contributed by atoms with Crippen LogP contribution in [0.5, 0.6) is 11.5 Å². The first kappa shape index (κ1) is 25.9. The molecule has 6 aromatic carbocycles. The van der Waals surface area contributed by atoms with Crippen molar-refractivity contribution in [1.82, 2.24) is 0 Å². The minimum absolute atomic E-state index is 0.762. The summed E-state index contributed by atoms with van der Waals surface area (Å²) in [6.45, 7) is 8.35. The first-order valence-corrected chi connectivity index (χ1v) is 13.8. The maximum Gasteiger partial charge on any atom is 0.128 e. The number of ether oxygens (including phenoxy) is 1. The van der Waals surface area contributed by atoms with E-state index < -0.39 is 0 Å². The second-order valence-electron chi connectivity index (χ2n) is 9.84. The number of hydrogen-bond donors (Lipinski definition) is 0. The van der Waals surface area contributed by atoms with Crippen molar-refractivity contribution in [2.24, 2.45) is 0 Å². The van der Waals surface area contributed by atoms with Gasteiger partial charge in [0.15, 0.2) is 0 Å². The summed E-state index contributed by atoms with van der Waals surface area (Å²) in [5.41, 5.74) is 10.9. The monoisotopic (exact) mass is 526 g/mol. The molecule has 0 radical (unpaired) electrons. The highest BCUT2D eigenvalue weighted by molar-refractivity contribution is 5.89. The average molecular weight is 527 g/mol. The molecule has 196 valence electrons. The Balaban J connectivity index is 1.56. The van der Waals surface area contributed by atoms with E-state index in [-0.39, 0.29) is 0 Å². The zero-order chi connectivity index (χ0) is 28.0. The molecule has 41 heavy (non-hydrogen) atoms. The molecule has 0 aliphatic heterocycles. The molecule has 0 amide bonds. The van der Waals surface area contributed by atoms with Crippen molar-refractivity contribution in [3.8, 4) is 56.0 Å². The van der Waals surface area contributed by atoms with Crippen molar-refractivity contribution in [2.45, 2.75) is 0 Å². The molecule has 0 fully saturated rings. The van der Waals surface area contributed by atoms with Gasteiger partial charge in [-0.05, 0) is 79.9 Å². The molecular weight excluding hydrogens is 496 g/mol. The van der Waals surface area contributed by atoms with Crippen LogP contribution in [-0.2, 0) is 0 Å². The van der Waals surface area contributed by atoms with Crippen LogP contribution in [0.2, 0.25) is 0 Å². The molecule has 1 nitrogen and oxygen atoms in total. The van der Waals surface area contributed by atoms with Crippen LogP contribution in [0, 0.1) is 0 Å². The summed E-state index contributed by atoms with van der Waals surface area (Å²) in [5, 5.41) is 0. The van der Waals surface area contributed by atoms with Gasteiger partial charge in [0.1, 0.15) is 11.5 Å². The van der Waals surface area contributed by atoms with Gasteiger partial charge in [-0.15, -0.1) is 0 Å². The van der Waals surface area contributed by atoms with Crippen LogP contribution in [-0.4, -0.2) is 0 Å². The zero-order valence-corrected chi connectivity index (χ0v) is 22.8. The Kier molecular flexibility index (Phi) is 7.42. The van der Waals surface area contributed by atoms with Crippen molar-refractivity contribution in [3.05, 3.63) is 170 Å². The molecule has 6 aromatic rings. The molecule has 6 rings (SSSR count). The molecule has 0 aromatic heterocycles. The Hall–Kier alpha value is -5.40. The van der Waals surface area contributed by atoms with Crippen LogP contribution in [0.15, 0.2) is 159 Å². The summed E-state index contributed by atoms with van der Waals surface area (Å²) < 4.78 is 6.76. The van der Waals surface area contributed by atoms with Gasteiger partial charge in [-0.25, -0.2) is 0 Å². The van der Waals surface area contributed by atoms with E-state index in [0.29, 0.717) is 0 Å². The first-order chi connectivity index (χ1) is 20.2. The first-order valence-electron chi connectivity index (χ1n) is 13.8. The lowest BCUT2D eigenvalue weighted by molar-refractivity contribution is 0.483. The minimum Gasteiger partial charge on any atom is -0.457 e. The third-order valence-electron chi connectivity index (χ3n) is 7.29. The molecule has 0 saturated carbocycles. The molecule has 0 bridgehead atoms. The summed E-state index contributed by atoms with van der Waals surface area (Å²) in [6.07, 6.45) is 3.88. The third kappa shape index (κ3) is 5.39. The maximum atomic E-state index is 6.76. The van der Waals surface area contributed by atoms with Crippen molar-refractivity contribution in [1.29, 1.82) is 0 Å². The van der Waals surface area contributed by atoms with Crippen LogP contribution in [0.4, 0.5) is 0 Å². The molecular formula is C40H30O. The van der Waals surface area contributed by atoms with Gasteiger partial charge in [0, 0.05) is 0 Å². The Morgan fingerprint density at radius 1 is 0.366 bits per heavy atom. The van der Waals surface area contributed by atoms with Gasteiger partial charge in [-0.1, -0.05) is 147 Å². The van der Waals surface area contributed by atoms with Crippen molar-refractivity contribution in [2.75, 3.05) is 0 Å². The SMILES string of the molecule is C=Cc1c(-c2ccccc2)cc(Oc2cc(-c3ccccc3)c(C=C)c(-c3ccccc3)c2)cc1-c1ccccc1. The number of rotatable bonds is 8. The van der Waals surface area contributed by atoms with E-state index in [1.54, 1.807) is 0 Å². The fourth-order valence-corrected chi connectivity index (χ4v) is 5.37. The molecule has 0 unspecified atom stereocenters. The Labute approximate surface area is 242 Å². The van der Waals surface area contributed by atoms with E-state index in [0.717, 1.165) is 67.1 Å². The summed E-state index contributed by atoms with van der Waals surface area (Å²) in [5.74, 6) is 1.52. The quantitative estimate of drug-likeness (QED) is 0.192. The van der Waals surface area contributed by atoms with E-state index in [2.05, 4.69) is 134 Å². The summed E-state index contributed by atoms with van der Waals surface area (Å²) in [7, 11) is 0. The van der Waals surface area contributed by atoms with Gasteiger partial charge in [-0.3, -0.25) is 0 Å². The van der Waals surface area contributed by atoms with E-state index >= 15 is 0 Å². The van der Waals surface area contributed by atoms with Gasteiger partial charge < -0.3 is 4.74 Å². The summed E-state index contributed by atoms with van der Waals surface area (Å²) in [6, 6.07) is 50.1. The number of hydrogen-bond acceptors (Lipinski definition) is 1. The largest absolute Gasteiger partial charge is 0.457 e. The summed E-state index contributed by atoms with van der Waals surface area (Å²) >= 11 is 0. The van der Waals surface area contributed by atoms with Crippen molar-refractivity contribution >= 4 is 12.2 Å². The predicted molar refractivity (Wildman–Crippen MR) is 175 cm³/mol. The van der Waals surface area contributed by atoms with Gasteiger partial charge in [0.2, 0.25) is 0 Å². The maximum absolute atomic E-state index is 6.76. The van der Waals surface area contributed by atoms with Crippen molar-refractivity contribution < 1.29 is 4.74 Å². The van der Waals surface area contributed by atoms with Crippen molar-refractivity contribution in [3.63, 3.8) is 0 Å². The lowest BCUT2D eigenvalue weighted by atomic mass is 9.91. The number of benzene rings is 6. The second-order valence-corrected chi connectivity index (χ2v) is 9.84. The van der Waals surface area contributed by atoms with E-state index in [1.165, 1.54) is 0 Å². The predicted octanol–water partition coefficient (Wildman–Crippen LogP) is 11.4. The normalized spacial score (nSPS) is 10.6. The highest BCUT2D eigenvalue weighted by Gasteiger charge is 2.16. The van der Waals surface area contributed by atoms with Crippen LogP contribution < -0.4 is 4.74 Å². The molecule has 0 N–H and O–H groups in total. The molecule has 0 atom stereocenters. The fraction of sp³-hybridized carbons (Fsp3) is 0. The Bertz CT molecular complexity index is 1540.